The van der Waals surface area contributed by atoms with Gasteiger partial charge in [0, 0.05) is 29.6 Å². The first kappa shape index (κ1) is 19.6. The Kier molecular flexibility index (Phi) is 5.48. The molecule has 0 spiro atoms. The maximum Gasteiger partial charge on any atom is 0.431 e. The number of alkyl carbamates (subject to hydrolysis) is 1. The van der Waals surface area contributed by atoms with Crippen molar-refractivity contribution in [3.63, 3.8) is 0 Å². The SMILES string of the molecule is CC(C)(C)OC(=O)NCCC(=O)Nc1ccc2[nH]c(C(F)(F)F)cc2c1. The van der Waals surface area contributed by atoms with E-state index in [1.54, 1.807) is 20.8 Å². The molecule has 1 aromatic heterocycles. The number of fused-ring (bicyclic) bond motifs is 1. The molecule has 0 saturated carbocycles. The first-order valence-corrected chi connectivity index (χ1v) is 7.91. The summed E-state index contributed by atoms with van der Waals surface area (Å²) in [6.07, 6.45) is -5.09. The van der Waals surface area contributed by atoms with Crippen LogP contribution < -0.4 is 10.6 Å². The molecule has 0 aliphatic heterocycles. The van der Waals surface area contributed by atoms with Gasteiger partial charge in [0.15, 0.2) is 0 Å². The van der Waals surface area contributed by atoms with Gasteiger partial charge in [-0.3, -0.25) is 4.79 Å². The van der Waals surface area contributed by atoms with E-state index >= 15 is 0 Å². The molecule has 0 aliphatic carbocycles. The number of halogens is 3. The van der Waals surface area contributed by atoms with Crippen molar-refractivity contribution in [2.24, 2.45) is 0 Å². The van der Waals surface area contributed by atoms with Gasteiger partial charge in [-0.2, -0.15) is 13.2 Å². The first-order chi connectivity index (χ1) is 11.9. The quantitative estimate of drug-likeness (QED) is 0.758. The number of hydrogen-bond acceptors (Lipinski definition) is 3. The van der Waals surface area contributed by atoms with Crippen LogP contribution in [0.5, 0.6) is 0 Å². The maximum atomic E-state index is 12.7. The number of rotatable bonds is 4. The van der Waals surface area contributed by atoms with Gasteiger partial charge >= 0.3 is 12.3 Å². The van der Waals surface area contributed by atoms with E-state index in [1.807, 2.05) is 0 Å². The molecule has 3 N–H and O–H groups in total. The van der Waals surface area contributed by atoms with Crippen LogP contribution in [0.15, 0.2) is 24.3 Å². The van der Waals surface area contributed by atoms with E-state index in [9.17, 15) is 22.8 Å². The molecular formula is C17H20F3N3O3. The number of H-pyrrole nitrogens is 1. The molecule has 6 nitrogen and oxygen atoms in total. The number of hydrogen-bond donors (Lipinski definition) is 3. The third-order valence-corrected chi connectivity index (χ3v) is 3.23. The molecule has 9 heteroatoms. The van der Waals surface area contributed by atoms with Gasteiger partial charge in [-0.25, -0.2) is 4.79 Å². The van der Waals surface area contributed by atoms with E-state index in [2.05, 4.69) is 15.6 Å². The van der Waals surface area contributed by atoms with Crippen molar-refractivity contribution in [1.29, 1.82) is 0 Å². The van der Waals surface area contributed by atoms with Gasteiger partial charge in [-0.15, -0.1) is 0 Å². The third kappa shape index (κ3) is 5.68. The summed E-state index contributed by atoms with van der Waals surface area (Å²) in [6.45, 7) is 5.24. The minimum absolute atomic E-state index is 0.00177. The number of carbonyl (C=O) groups is 2. The first-order valence-electron chi connectivity index (χ1n) is 7.91. The predicted octanol–water partition coefficient (Wildman–Crippen LogP) is 4.04. The number of carbonyl (C=O) groups excluding carboxylic acids is 2. The highest BCUT2D eigenvalue weighted by Gasteiger charge is 2.32. The second kappa shape index (κ2) is 7.27. The molecule has 0 fully saturated rings. The van der Waals surface area contributed by atoms with Crippen LogP contribution in [0.4, 0.5) is 23.7 Å². The predicted molar refractivity (Wildman–Crippen MR) is 90.8 cm³/mol. The number of aromatic amines is 1. The lowest BCUT2D eigenvalue weighted by molar-refractivity contribution is -0.140. The summed E-state index contributed by atoms with van der Waals surface area (Å²) in [6, 6.07) is 5.38. The second-order valence-corrected chi connectivity index (χ2v) is 6.71. The molecule has 0 atom stereocenters. The maximum absolute atomic E-state index is 12.7. The zero-order valence-corrected chi connectivity index (χ0v) is 14.6. The highest BCUT2D eigenvalue weighted by atomic mass is 19.4. The van der Waals surface area contributed by atoms with Crippen molar-refractivity contribution in [3.8, 4) is 0 Å². The molecule has 1 heterocycles. The van der Waals surface area contributed by atoms with Gasteiger partial charge < -0.3 is 20.4 Å². The Morgan fingerprint density at radius 2 is 1.85 bits per heavy atom. The van der Waals surface area contributed by atoms with Crippen molar-refractivity contribution in [2.45, 2.75) is 39.0 Å². The van der Waals surface area contributed by atoms with Gasteiger partial charge in [0.25, 0.3) is 0 Å². The fraction of sp³-hybridized carbons (Fsp3) is 0.412. The Balaban J connectivity index is 1.90. The lowest BCUT2D eigenvalue weighted by Crippen LogP contribution is -2.34. The van der Waals surface area contributed by atoms with Crippen LogP contribution in [0.25, 0.3) is 10.9 Å². The Morgan fingerprint density at radius 1 is 1.15 bits per heavy atom. The Labute approximate surface area is 148 Å². The van der Waals surface area contributed by atoms with Crippen LogP contribution >= 0.6 is 0 Å². The second-order valence-electron chi connectivity index (χ2n) is 6.71. The van der Waals surface area contributed by atoms with Crippen molar-refractivity contribution in [1.82, 2.24) is 10.3 Å². The van der Waals surface area contributed by atoms with Crippen LogP contribution in [0.1, 0.15) is 32.9 Å². The summed E-state index contributed by atoms with van der Waals surface area (Å²) < 4.78 is 43.1. The third-order valence-electron chi connectivity index (χ3n) is 3.23. The topological polar surface area (TPSA) is 83.2 Å². The van der Waals surface area contributed by atoms with Crippen LogP contribution in [0.3, 0.4) is 0 Å². The van der Waals surface area contributed by atoms with Crippen molar-refractivity contribution < 1.29 is 27.5 Å². The van der Waals surface area contributed by atoms with Crippen LogP contribution in [-0.4, -0.2) is 29.1 Å². The summed E-state index contributed by atoms with van der Waals surface area (Å²) in [5.41, 5.74) is -0.792. The number of nitrogens with one attached hydrogen (secondary N) is 3. The van der Waals surface area contributed by atoms with E-state index < -0.39 is 23.6 Å². The summed E-state index contributed by atoms with van der Waals surface area (Å²) in [5.74, 6) is -0.382. The van der Waals surface area contributed by atoms with Gasteiger partial charge in [0.05, 0.1) is 0 Å². The summed E-state index contributed by atoms with van der Waals surface area (Å²) >= 11 is 0. The summed E-state index contributed by atoms with van der Waals surface area (Å²) in [5, 5.41) is 5.37. The normalized spacial score (nSPS) is 12.1. The van der Waals surface area contributed by atoms with Crippen molar-refractivity contribution in [3.05, 3.63) is 30.0 Å². The monoisotopic (exact) mass is 371 g/mol. The number of alkyl halides is 3. The number of benzene rings is 1. The lowest BCUT2D eigenvalue weighted by Gasteiger charge is -2.19. The molecule has 1 aromatic carbocycles. The fourth-order valence-corrected chi connectivity index (χ4v) is 2.18. The zero-order valence-electron chi connectivity index (χ0n) is 14.6. The van der Waals surface area contributed by atoms with Crippen LogP contribution in [-0.2, 0) is 15.7 Å². The van der Waals surface area contributed by atoms with E-state index in [0.717, 1.165) is 6.07 Å². The molecular weight excluding hydrogens is 351 g/mol. The molecule has 2 amide bonds. The van der Waals surface area contributed by atoms with Crippen molar-refractivity contribution in [2.75, 3.05) is 11.9 Å². The zero-order chi connectivity index (χ0) is 19.5. The average Bonchev–Trinajstić information content (AvgIpc) is 2.88. The minimum Gasteiger partial charge on any atom is -0.444 e. The van der Waals surface area contributed by atoms with Gasteiger partial charge in [-0.05, 0) is 45.0 Å². The Hall–Kier alpha value is -2.71. The Morgan fingerprint density at radius 3 is 2.46 bits per heavy atom. The lowest BCUT2D eigenvalue weighted by atomic mass is 10.2. The minimum atomic E-state index is -4.46. The fourth-order valence-electron chi connectivity index (χ4n) is 2.18. The molecule has 0 saturated heterocycles. The van der Waals surface area contributed by atoms with Crippen LogP contribution in [0, 0.1) is 0 Å². The summed E-state index contributed by atoms with van der Waals surface area (Å²) in [7, 11) is 0. The highest BCUT2D eigenvalue weighted by molar-refractivity contribution is 5.94. The largest absolute Gasteiger partial charge is 0.444 e. The van der Waals surface area contributed by atoms with Gasteiger partial charge in [0.1, 0.15) is 11.3 Å². The smallest absolute Gasteiger partial charge is 0.431 e. The van der Waals surface area contributed by atoms with E-state index in [-0.39, 0.29) is 18.9 Å². The van der Waals surface area contributed by atoms with Crippen molar-refractivity contribution >= 4 is 28.6 Å². The summed E-state index contributed by atoms with van der Waals surface area (Å²) in [4.78, 5) is 25.6. The van der Waals surface area contributed by atoms with E-state index in [0.29, 0.717) is 16.6 Å². The average molecular weight is 371 g/mol. The van der Waals surface area contributed by atoms with E-state index in [1.165, 1.54) is 18.2 Å². The molecule has 2 rings (SSSR count). The Bertz CT molecular complexity index is 807. The molecule has 142 valence electrons. The number of aromatic nitrogens is 1. The standard InChI is InChI=1S/C17H20F3N3O3/c1-16(2,3)26-15(25)21-7-6-14(24)22-11-4-5-12-10(8-11)9-13(23-12)17(18,19)20/h4-5,8-9,23H,6-7H2,1-3H3,(H,21,25)(H,22,24). The van der Waals surface area contributed by atoms with Gasteiger partial charge in [-0.1, -0.05) is 0 Å². The molecule has 0 aliphatic rings. The molecule has 0 bridgehead atoms. The van der Waals surface area contributed by atoms with Gasteiger partial charge in [0.2, 0.25) is 5.91 Å². The molecule has 0 unspecified atom stereocenters. The molecule has 0 radical (unpaired) electrons. The molecule has 26 heavy (non-hydrogen) atoms. The van der Waals surface area contributed by atoms with E-state index in [4.69, 9.17) is 4.74 Å². The number of ether oxygens (including phenoxy) is 1. The number of anilines is 1. The number of amides is 2. The highest BCUT2D eigenvalue weighted by Crippen LogP contribution is 2.31. The van der Waals surface area contributed by atoms with Crippen LogP contribution in [0.2, 0.25) is 0 Å². The molecule has 2 aromatic rings.